The van der Waals surface area contributed by atoms with Crippen LogP contribution in [0.15, 0.2) is 60.8 Å². The van der Waals surface area contributed by atoms with Gasteiger partial charge in [0.05, 0.1) is 0 Å². The molecule has 0 heterocycles. The van der Waals surface area contributed by atoms with E-state index in [1.165, 1.54) is 64.2 Å². The summed E-state index contributed by atoms with van der Waals surface area (Å²) in [5.74, 6) is 0. The van der Waals surface area contributed by atoms with E-state index in [2.05, 4.69) is 60.8 Å². The molecule has 0 aromatic heterocycles. The highest BCUT2D eigenvalue weighted by atomic mass is 13.9. The zero-order chi connectivity index (χ0) is 14.1. The maximum Gasteiger partial charge on any atom is -0.0316 e. The van der Waals surface area contributed by atoms with Gasteiger partial charge < -0.3 is 0 Å². The lowest BCUT2D eigenvalue weighted by Gasteiger charge is -1.92. The van der Waals surface area contributed by atoms with Gasteiger partial charge in [-0.2, -0.15) is 0 Å². The highest BCUT2D eigenvalue weighted by Gasteiger charge is 1.83. The van der Waals surface area contributed by atoms with Crippen LogP contribution in [0.2, 0.25) is 0 Å². The molecule has 0 spiro atoms. The topological polar surface area (TPSA) is 0 Å². The quantitative estimate of drug-likeness (QED) is 0.430. The number of hydrogen-bond donors (Lipinski definition) is 0. The van der Waals surface area contributed by atoms with Crippen molar-refractivity contribution in [3.05, 3.63) is 60.8 Å². The Kier molecular flexibility index (Phi) is 11.8. The molecule has 0 N–H and O–H groups in total. The molecule has 0 amide bonds. The first kappa shape index (κ1) is 16.8. The Balaban J connectivity index is 2.29. The van der Waals surface area contributed by atoms with Gasteiger partial charge in [0, 0.05) is 0 Å². The predicted octanol–water partition coefficient (Wildman–Crippen LogP) is 6.68. The minimum Gasteiger partial charge on any atom is -0.0882 e. The number of rotatable bonds is 0. The van der Waals surface area contributed by atoms with Crippen LogP contribution in [-0.2, 0) is 0 Å². The molecule has 0 bridgehead atoms. The largest absolute Gasteiger partial charge is 0.0882 e. The Morgan fingerprint density at radius 2 is 0.300 bits per heavy atom. The SMILES string of the molecule is C1=C\CC/C=C\CC/C=C\CC/C=C\CC/C=C\CC/1. The lowest BCUT2D eigenvalue weighted by atomic mass is 10.1. The molecule has 1 rings (SSSR count). The molecule has 0 saturated carbocycles. The van der Waals surface area contributed by atoms with Gasteiger partial charge in [-0.15, -0.1) is 0 Å². The third-order valence-corrected chi connectivity index (χ3v) is 3.33. The molecule has 0 atom stereocenters. The van der Waals surface area contributed by atoms with E-state index >= 15 is 0 Å². The zero-order valence-corrected chi connectivity index (χ0v) is 12.8. The fourth-order valence-electron chi connectivity index (χ4n) is 2.14. The molecule has 0 aliphatic heterocycles. The first-order chi connectivity index (χ1) is 10.0. The summed E-state index contributed by atoms with van der Waals surface area (Å²) in [4.78, 5) is 0. The van der Waals surface area contributed by atoms with E-state index in [0.717, 1.165) is 0 Å². The van der Waals surface area contributed by atoms with Crippen LogP contribution in [0.3, 0.4) is 0 Å². The zero-order valence-electron chi connectivity index (χ0n) is 12.8. The molecule has 0 heteroatoms. The standard InChI is InChI=1S/C20H30/c1-2-4-6-8-10-12-14-16-18-20-19-17-15-13-11-9-7-5-3-1/h1-2,7-10,15-18H,3-6,11-14,19-20H2/b2-1-,9-7-,10-8-,17-15-,18-16-. The highest BCUT2D eigenvalue weighted by molar-refractivity contribution is 4.94. The second-order valence-electron chi connectivity index (χ2n) is 5.24. The third-order valence-electron chi connectivity index (χ3n) is 3.33. The van der Waals surface area contributed by atoms with Crippen LogP contribution < -0.4 is 0 Å². The van der Waals surface area contributed by atoms with E-state index in [1.807, 2.05) is 0 Å². The molecule has 1 aliphatic carbocycles. The van der Waals surface area contributed by atoms with Crippen LogP contribution in [0.25, 0.3) is 0 Å². The van der Waals surface area contributed by atoms with Crippen molar-refractivity contribution in [1.82, 2.24) is 0 Å². The van der Waals surface area contributed by atoms with E-state index < -0.39 is 0 Å². The number of hydrogen-bond acceptors (Lipinski definition) is 0. The van der Waals surface area contributed by atoms with Gasteiger partial charge in [-0.3, -0.25) is 0 Å². The van der Waals surface area contributed by atoms with Crippen molar-refractivity contribution in [3.63, 3.8) is 0 Å². The summed E-state index contributed by atoms with van der Waals surface area (Å²) < 4.78 is 0. The van der Waals surface area contributed by atoms with Gasteiger partial charge in [-0.25, -0.2) is 0 Å². The van der Waals surface area contributed by atoms with Crippen LogP contribution in [0.5, 0.6) is 0 Å². The van der Waals surface area contributed by atoms with Crippen LogP contribution in [0.4, 0.5) is 0 Å². The maximum absolute atomic E-state index is 2.32. The van der Waals surface area contributed by atoms with Crippen molar-refractivity contribution < 1.29 is 0 Å². The van der Waals surface area contributed by atoms with E-state index in [1.54, 1.807) is 0 Å². The lowest BCUT2D eigenvalue weighted by Crippen LogP contribution is -1.71. The van der Waals surface area contributed by atoms with Gasteiger partial charge in [-0.1, -0.05) is 60.8 Å². The molecule has 0 nitrogen and oxygen atoms in total. The summed E-state index contributed by atoms with van der Waals surface area (Å²) in [5.41, 5.74) is 0. The van der Waals surface area contributed by atoms with Crippen molar-refractivity contribution in [1.29, 1.82) is 0 Å². The summed E-state index contributed by atoms with van der Waals surface area (Å²) in [5, 5.41) is 0. The lowest BCUT2D eigenvalue weighted by molar-refractivity contribution is 0.962. The van der Waals surface area contributed by atoms with Crippen molar-refractivity contribution in [2.75, 3.05) is 0 Å². The fourth-order valence-corrected chi connectivity index (χ4v) is 2.14. The highest BCUT2D eigenvalue weighted by Crippen LogP contribution is 2.03. The van der Waals surface area contributed by atoms with Crippen LogP contribution >= 0.6 is 0 Å². The minimum atomic E-state index is 1.18. The molecule has 0 saturated heterocycles. The molecule has 1 aliphatic rings. The van der Waals surface area contributed by atoms with Crippen molar-refractivity contribution in [2.24, 2.45) is 0 Å². The molecular weight excluding hydrogens is 240 g/mol. The summed E-state index contributed by atoms with van der Waals surface area (Å²) >= 11 is 0. The van der Waals surface area contributed by atoms with Crippen LogP contribution in [-0.4, -0.2) is 0 Å². The Morgan fingerprint density at radius 1 is 0.200 bits per heavy atom. The molecule has 110 valence electrons. The maximum atomic E-state index is 2.32. The van der Waals surface area contributed by atoms with Crippen molar-refractivity contribution in [3.8, 4) is 0 Å². The van der Waals surface area contributed by atoms with Gasteiger partial charge in [-0.05, 0) is 64.2 Å². The molecule has 0 radical (unpaired) electrons. The van der Waals surface area contributed by atoms with Gasteiger partial charge in [0.1, 0.15) is 0 Å². The minimum absolute atomic E-state index is 1.18. The van der Waals surface area contributed by atoms with Crippen molar-refractivity contribution in [2.45, 2.75) is 64.2 Å². The van der Waals surface area contributed by atoms with Gasteiger partial charge >= 0.3 is 0 Å². The van der Waals surface area contributed by atoms with E-state index in [9.17, 15) is 0 Å². The summed E-state index contributed by atoms with van der Waals surface area (Å²) in [6.07, 6.45) is 35.0. The third kappa shape index (κ3) is 11.8. The Bertz CT molecular complexity index is 228. The second kappa shape index (κ2) is 14.1. The first-order valence-corrected chi connectivity index (χ1v) is 8.25. The molecule has 20 heavy (non-hydrogen) atoms. The monoisotopic (exact) mass is 270 g/mol. The Morgan fingerprint density at radius 3 is 0.400 bits per heavy atom. The van der Waals surface area contributed by atoms with Gasteiger partial charge in [0.2, 0.25) is 0 Å². The average molecular weight is 270 g/mol. The van der Waals surface area contributed by atoms with Gasteiger partial charge in [0.25, 0.3) is 0 Å². The Hall–Kier alpha value is -1.30. The second-order valence-corrected chi connectivity index (χ2v) is 5.24. The van der Waals surface area contributed by atoms with Gasteiger partial charge in [0.15, 0.2) is 0 Å². The first-order valence-electron chi connectivity index (χ1n) is 8.25. The molecule has 0 aromatic rings. The molecule has 0 fully saturated rings. The normalized spacial score (nSPS) is 28.0. The van der Waals surface area contributed by atoms with Crippen LogP contribution in [0, 0.1) is 0 Å². The van der Waals surface area contributed by atoms with E-state index in [0.29, 0.717) is 0 Å². The molecular formula is C20H30. The smallest absolute Gasteiger partial charge is 0.0316 e. The van der Waals surface area contributed by atoms with E-state index in [4.69, 9.17) is 0 Å². The summed E-state index contributed by atoms with van der Waals surface area (Å²) in [7, 11) is 0. The predicted molar refractivity (Wildman–Crippen MR) is 91.9 cm³/mol. The summed E-state index contributed by atoms with van der Waals surface area (Å²) in [6.45, 7) is 0. The summed E-state index contributed by atoms with van der Waals surface area (Å²) in [6, 6.07) is 0. The average Bonchev–Trinajstić information content (AvgIpc) is 2.46. The molecule has 0 aromatic carbocycles. The number of allylic oxidation sites excluding steroid dienone is 10. The fraction of sp³-hybridized carbons (Fsp3) is 0.500. The van der Waals surface area contributed by atoms with Crippen molar-refractivity contribution >= 4 is 0 Å². The molecule has 0 unspecified atom stereocenters. The van der Waals surface area contributed by atoms with Crippen LogP contribution in [0.1, 0.15) is 64.2 Å². The van der Waals surface area contributed by atoms with E-state index in [-0.39, 0.29) is 0 Å². The Labute approximate surface area is 125 Å².